The standard InChI is InChI=1S/C16H22N2O3/c1-4-13(16(20)21)8-9-17-11(2)14-6-5-7-15(10-14)18-12(3)19/h5-8,10-11,17H,4,9H2,1-3H3,(H,18,19)(H,20,21)/b13-8-. The van der Waals surface area contributed by atoms with Crippen LogP contribution in [-0.4, -0.2) is 23.5 Å². The minimum absolute atomic E-state index is 0.0573. The molecule has 0 bridgehead atoms. The van der Waals surface area contributed by atoms with E-state index in [1.165, 1.54) is 6.92 Å². The minimum atomic E-state index is -0.875. The minimum Gasteiger partial charge on any atom is -0.478 e. The molecule has 0 fully saturated rings. The van der Waals surface area contributed by atoms with Crippen molar-refractivity contribution in [2.75, 3.05) is 11.9 Å². The highest BCUT2D eigenvalue weighted by Crippen LogP contribution is 2.17. The number of carboxylic acid groups (broad SMARTS) is 1. The summed E-state index contributed by atoms with van der Waals surface area (Å²) in [6, 6.07) is 7.63. The van der Waals surface area contributed by atoms with Crippen molar-refractivity contribution in [3.05, 3.63) is 41.5 Å². The maximum absolute atomic E-state index is 11.0. The van der Waals surface area contributed by atoms with Gasteiger partial charge in [-0.15, -0.1) is 0 Å². The molecule has 114 valence electrons. The molecule has 5 heteroatoms. The van der Waals surface area contributed by atoms with Crippen molar-refractivity contribution in [3.63, 3.8) is 0 Å². The Labute approximate surface area is 125 Å². The highest BCUT2D eigenvalue weighted by atomic mass is 16.4. The molecule has 3 N–H and O–H groups in total. The predicted molar refractivity (Wildman–Crippen MR) is 83.2 cm³/mol. The first-order valence-corrected chi connectivity index (χ1v) is 6.97. The number of carboxylic acids is 1. The van der Waals surface area contributed by atoms with Gasteiger partial charge in [0, 0.05) is 30.8 Å². The Morgan fingerprint density at radius 2 is 2.10 bits per heavy atom. The van der Waals surface area contributed by atoms with Gasteiger partial charge in [-0.2, -0.15) is 0 Å². The molecule has 1 atom stereocenters. The molecular formula is C16H22N2O3. The van der Waals surface area contributed by atoms with E-state index in [1.54, 1.807) is 6.08 Å². The number of amides is 1. The molecule has 0 aliphatic carbocycles. The second-order valence-corrected chi connectivity index (χ2v) is 4.82. The fourth-order valence-corrected chi connectivity index (χ4v) is 1.95. The number of benzene rings is 1. The van der Waals surface area contributed by atoms with Crippen LogP contribution in [0.15, 0.2) is 35.9 Å². The highest BCUT2D eigenvalue weighted by molar-refractivity contribution is 5.88. The van der Waals surface area contributed by atoms with Crippen molar-refractivity contribution >= 4 is 17.6 Å². The molecule has 0 saturated heterocycles. The quantitative estimate of drug-likeness (QED) is 0.675. The van der Waals surface area contributed by atoms with E-state index < -0.39 is 5.97 Å². The van der Waals surface area contributed by atoms with Crippen molar-refractivity contribution in [2.24, 2.45) is 0 Å². The Kier molecular flexibility index (Phi) is 6.62. The lowest BCUT2D eigenvalue weighted by Crippen LogP contribution is -2.19. The first kappa shape index (κ1) is 16.9. The first-order valence-electron chi connectivity index (χ1n) is 6.97. The number of hydrogen-bond donors (Lipinski definition) is 3. The third-order valence-corrected chi connectivity index (χ3v) is 3.14. The monoisotopic (exact) mass is 290 g/mol. The summed E-state index contributed by atoms with van der Waals surface area (Å²) in [6.45, 7) is 5.77. The number of rotatable bonds is 7. The first-order chi connectivity index (χ1) is 9.93. The van der Waals surface area contributed by atoms with Crippen LogP contribution >= 0.6 is 0 Å². The lowest BCUT2D eigenvalue weighted by atomic mass is 10.1. The smallest absolute Gasteiger partial charge is 0.331 e. The van der Waals surface area contributed by atoms with Gasteiger partial charge in [0.15, 0.2) is 0 Å². The third-order valence-electron chi connectivity index (χ3n) is 3.14. The van der Waals surface area contributed by atoms with Gasteiger partial charge < -0.3 is 15.7 Å². The lowest BCUT2D eigenvalue weighted by Gasteiger charge is -2.14. The van der Waals surface area contributed by atoms with Gasteiger partial charge in [0.1, 0.15) is 0 Å². The van der Waals surface area contributed by atoms with Crippen LogP contribution in [0, 0.1) is 0 Å². The van der Waals surface area contributed by atoms with Crippen LogP contribution in [0.25, 0.3) is 0 Å². The average molecular weight is 290 g/mol. The van der Waals surface area contributed by atoms with Crippen LogP contribution < -0.4 is 10.6 Å². The van der Waals surface area contributed by atoms with E-state index in [9.17, 15) is 9.59 Å². The number of aliphatic carboxylic acids is 1. The van der Waals surface area contributed by atoms with Gasteiger partial charge in [-0.1, -0.05) is 25.1 Å². The number of hydrogen-bond acceptors (Lipinski definition) is 3. The SMILES string of the molecule is CC/C(=C/CNC(C)c1cccc(NC(C)=O)c1)C(=O)O. The molecule has 0 aliphatic heterocycles. The molecule has 0 aromatic heterocycles. The van der Waals surface area contributed by atoms with E-state index in [0.717, 1.165) is 11.3 Å². The Morgan fingerprint density at radius 1 is 1.38 bits per heavy atom. The maximum atomic E-state index is 11.0. The fraction of sp³-hybridized carbons (Fsp3) is 0.375. The zero-order valence-corrected chi connectivity index (χ0v) is 12.6. The van der Waals surface area contributed by atoms with E-state index in [0.29, 0.717) is 18.5 Å². The van der Waals surface area contributed by atoms with E-state index in [2.05, 4.69) is 10.6 Å². The summed E-state index contributed by atoms with van der Waals surface area (Å²) in [6.07, 6.45) is 2.19. The van der Waals surface area contributed by atoms with Gasteiger partial charge in [-0.05, 0) is 31.0 Å². The highest BCUT2D eigenvalue weighted by Gasteiger charge is 2.07. The van der Waals surface area contributed by atoms with Crippen molar-refractivity contribution < 1.29 is 14.7 Å². The Bertz CT molecular complexity index is 538. The summed E-state index contributed by atoms with van der Waals surface area (Å²) in [4.78, 5) is 21.9. The van der Waals surface area contributed by atoms with Gasteiger partial charge in [0.25, 0.3) is 0 Å². The topological polar surface area (TPSA) is 78.4 Å². The van der Waals surface area contributed by atoms with Gasteiger partial charge >= 0.3 is 5.97 Å². The molecule has 0 aliphatic rings. The van der Waals surface area contributed by atoms with Crippen molar-refractivity contribution in [1.29, 1.82) is 0 Å². The van der Waals surface area contributed by atoms with Crippen LogP contribution in [0.4, 0.5) is 5.69 Å². The molecule has 1 rings (SSSR count). The molecule has 1 aromatic rings. The van der Waals surface area contributed by atoms with E-state index in [4.69, 9.17) is 5.11 Å². The Hall–Kier alpha value is -2.14. The van der Waals surface area contributed by atoms with Crippen molar-refractivity contribution in [2.45, 2.75) is 33.2 Å². The van der Waals surface area contributed by atoms with Crippen LogP contribution in [-0.2, 0) is 9.59 Å². The van der Waals surface area contributed by atoms with Crippen LogP contribution in [0.5, 0.6) is 0 Å². The summed E-state index contributed by atoms with van der Waals surface area (Å²) >= 11 is 0. The normalized spacial score (nSPS) is 12.8. The summed E-state index contributed by atoms with van der Waals surface area (Å²) in [7, 11) is 0. The molecule has 21 heavy (non-hydrogen) atoms. The Balaban J connectivity index is 2.65. The number of nitrogens with one attached hydrogen (secondary N) is 2. The summed E-state index contributed by atoms with van der Waals surface area (Å²) < 4.78 is 0. The molecule has 1 aromatic carbocycles. The van der Waals surface area contributed by atoms with Crippen LogP contribution in [0.1, 0.15) is 38.8 Å². The Morgan fingerprint density at radius 3 is 2.67 bits per heavy atom. The van der Waals surface area contributed by atoms with Crippen LogP contribution in [0.3, 0.4) is 0 Å². The maximum Gasteiger partial charge on any atom is 0.331 e. The number of carbonyl (C=O) groups excluding carboxylic acids is 1. The molecule has 5 nitrogen and oxygen atoms in total. The second kappa shape index (κ2) is 8.21. The molecule has 0 radical (unpaired) electrons. The fourth-order valence-electron chi connectivity index (χ4n) is 1.95. The van der Waals surface area contributed by atoms with Gasteiger partial charge in [-0.25, -0.2) is 4.79 Å². The summed E-state index contributed by atoms with van der Waals surface area (Å²) in [5.74, 6) is -0.982. The van der Waals surface area contributed by atoms with E-state index in [-0.39, 0.29) is 11.9 Å². The van der Waals surface area contributed by atoms with E-state index >= 15 is 0 Å². The largest absolute Gasteiger partial charge is 0.478 e. The molecule has 1 unspecified atom stereocenters. The van der Waals surface area contributed by atoms with Crippen molar-refractivity contribution in [3.8, 4) is 0 Å². The predicted octanol–water partition coefficient (Wildman–Crippen LogP) is 2.72. The number of carbonyl (C=O) groups is 2. The molecule has 0 saturated carbocycles. The molecular weight excluding hydrogens is 268 g/mol. The summed E-state index contributed by atoms with van der Waals surface area (Å²) in [5, 5.41) is 14.9. The average Bonchev–Trinajstić information content (AvgIpc) is 2.42. The van der Waals surface area contributed by atoms with Gasteiger partial charge in [0.2, 0.25) is 5.91 Å². The number of anilines is 1. The zero-order valence-electron chi connectivity index (χ0n) is 12.6. The van der Waals surface area contributed by atoms with Gasteiger partial charge in [0.05, 0.1) is 0 Å². The second-order valence-electron chi connectivity index (χ2n) is 4.82. The lowest BCUT2D eigenvalue weighted by molar-refractivity contribution is -0.132. The van der Waals surface area contributed by atoms with Gasteiger partial charge in [-0.3, -0.25) is 4.79 Å². The van der Waals surface area contributed by atoms with Crippen molar-refractivity contribution in [1.82, 2.24) is 5.32 Å². The zero-order chi connectivity index (χ0) is 15.8. The molecule has 0 heterocycles. The van der Waals surface area contributed by atoms with E-state index in [1.807, 2.05) is 38.1 Å². The summed E-state index contributed by atoms with van der Waals surface area (Å²) in [5.41, 5.74) is 2.19. The molecule has 1 amide bonds. The third kappa shape index (κ3) is 5.79. The van der Waals surface area contributed by atoms with Crippen LogP contribution in [0.2, 0.25) is 0 Å². The molecule has 0 spiro atoms.